The molecule has 1 amide bonds. The van der Waals surface area contributed by atoms with Crippen LogP contribution in [-0.2, 0) is 22.4 Å². The van der Waals surface area contributed by atoms with Crippen molar-refractivity contribution in [3.05, 3.63) is 47.3 Å². The average molecular weight is 439 g/mol. The number of aliphatic carboxylic acids is 1. The lowest BCUT2D eigenvalue weighted by Crippen LogP contribution is -2.33. The maximum atomic E-state index is 13.1. The molecule has 1 saturated heterocycles. The van der Waals surface area contributed by atoms with Gasteiger partial charge in [-0.15, -0.1) is 0 Å². The van der Waals surface area contributed by atoms with Crippen LogP contribution in [-0.4, -0.2) is 52.1 Å². The van der Waals surface area contributed by atoms with Gasteiger partial charge in [0.1, 0.15) is 5.82 Å². The number of ether oxygens (including phenoxy) is 1. The second-order valence-electron chi connectivity index (χ2n) is 8.50. The highest BCUT2D eigenvalue weighted by atomic mass is 16.5. The molecule has 1 unspecified atom stereocenters. The number of carboxylic acids is 1. The van der Waals surface area contributed by atoms with E-state index >= 15 is 0 Å². The van der Waals surface area contributed by atoms with Gasteiger partial charge in [0.2, 0.25) is 11.8 Å². The van der Waals surface area contributed by atoms with Crippen LogP contribution in [0.2, 0.25) is 0 Å². The number of anilines is 1. The first-order valence-electron chi connectivity index (χ1n) is 11.3. The van der Waals surface area contributed by atoms with Crippen LogP contribution in [0.5, 0.6) is 5.88 Å². The summed E-state index contributed by atoms with van der Waals surface area (Å²) in [5.74, 6) is 0.482. The first-order valence-corrected chi connectivity index (χ1v) is 11.3. The molecule has 0 saturated carbocycles. The highest BCUT2D eigenvalue weighted by molar-refractivity contribution is 5.82. The molecule has 2 atom stereocenters. The van der Waals surface area contributed by atoms with Crippen LogP contribution in [0.3, 0.4) is 0 Å². The second kappa shape index (κ2) is 9.97. The van der Waals surface area contributed by atoms with Crippen molar-refractivity contribution in [1.82, 2.24) is 14.9 Å². The lowest BCUT2D eigenvalue weighted by atomic mass is 9.98. The molecule has 2 N–H and O–H groups in total. The van der Waals surface area contributed by atoms with Gasteiger partial charge in [-0.3, -0.25) is 9.59 Å². The Kier molecular flexibility index (Phi) is 6.87. The minimum Gasteiger partial charge on any atom is -0.481 e. The van der Waals surface area contributed by atoms with Crippen molar-refractivity contribution < 1.29 is 19.4 Å². The number of hydrogen-bond donors (Lipinski definition) is 2. The smallest absolute Gasteiger partial charge is 0.305 e. The van der Waals surface area contributed by atoms with E-state index in [-0.39, 0.29) is 18.2 Å². The highest BCUT2D eigenvalue weighted by Gasteiger charge is 2.37. The Morgan fingerprint density at radius 3 is 2.97 bits per heavy atom. The number of carbonyl (C=O) groups excluding carboxylic acids is 1. The number of aryl methyl sites for hydroxylation is 2. The molecular weight excluding hydrogens is 408 g/mol. The monoisotopic (exact) mass is 438 g/mol. The minimum atomic E-state index is -0.936. The Hall–Kier alpha value is -3.16. The predicted molar refractivity (Wildman–Crippen MR) is 120 cm³/mol. The van der Waals surface area contributed by atoms with Crippen molar-refractivity contribution in [1.29, 1.82) is 0 Å². The predicted octanol–water partition coefficient (Wildman–Crippen LogP) is 3.23. The van der Waals surface area contributed by atoms with Crippen LogP contribution >= 0.6 is 0 Å². The molecule has 0 aromatic carbocycles. The Morgan fingerprint density at radius 1 is 1.34 bits per heavy atom. The Labute approximate surface area is 188 Å². The molecule has 0 aliphatic carbocycles. The van der Waals surface area contributed by atoms with Gasteiger partial charge in [-0.2, -0.15) is 0 Å². The number of nitrogens with zero attached hydrogens (tertiary/aromatic N) is 3. The molecule has 8 heteroatoms. The Morgan fingerprint density at radius 2 is 2.22 bits per heavy atom. The Bertz CT molecular complexity index is 963. The zero-order valence-corrected chi connectivity index (χ0v) is 18.4. The summed E-state index contributed by atoms with van der Waals surface area (Å²) in [6.07, 6.45) is 6.91. The van der Waals surface area contributed by atoms with Gasteiger partial charge in [0.15, 0.2) is 0 Å². The molecule has 4 heterocycles. The molecule has 32 heavy (non-hydrogen) atoms. The number of fused-ring (bicyclic) bond motifs is 1. The molecule has 170 valence electrons. The van der Waals surface area contributed by atoms with Gasteiger partial charge in [0, 0.05) is 37.0 Å². The first-order chi connectivity index (χ1) is 15.5. The molecule has 2 aliphatic rings. The van der Waals surface area contributed by atoms with Crippen molar-refractivity contribution in [2.75, 3.05) is 25.5 Å². The number of rotatable bonds is 9. The largest absolute Gasteiger partial charge is 0.481 e. The van der Waals surface area contributed by atoms with E-state index < -0.39 is 12.0 Å². The lowest BCUT2D eigenvalue weighted by Gasteiger charge is -2.27. The van der Waals surface area contributed by atoms with Crippen LogP contribution in [0, 0.1) is 5.92 Å². The maximum Gasteiger partial charge on any atom is 0.305 e. The van der Waals surface area contributed by atoms with E-state index in [1.165, 1.54) is 12.7 Å². The second-order valence-corrected chi connectivity index (χ2v) is 8.50. The number of carbonyl (C=O) groups is 2. The molecule has 2 aromatic heterocycles. The van der Waals surface area contributed by atoms with Crippen molar-refractivity contribution in [3.63, 3.8) is 0 Å². The summed E-state index contributed by atoms with van der Waals surface area (Å²) >= 11 is 0. The van der Waals surface area contributed by atoms with Gasteiger partial charge in [0.25, 0.3) is 0 Å². The van der Waals surface area contributed by atoms with E-state index in [9.17, 15) is 14.7 Å². The Balaban J connectivity index is 1.36. The van der Waals surface area contributed by atoms with Gasteiger partial charge in [-0.05, 0) is 55.7 Å². The third-order valence-corrected chi connectivity index (χ3v) is 6.39. The summed E-state index contributed by atoms with van der Waals surface area (Å²) in [7, 11) is 1.53. The summed E-state index contributed by atoms with van der Waals surface area (Å²) in [4.78, 5) is 35.2. The number of likely N-dealkylation sites (tertiary alicyclic amines) is 1. The summed E-state index contributed by atoms with van der Waals surface area (Å²) in [5, 5.41) is 12.8. The quantitative estimate of drug-likeness (QED) is 0.619. The highest BCUT2D eigenvalue weighted by Crippen LogP contribution is 2.33. The normalized spacial score (nSPS) is 18.7. The summed E-state index contributed by atoms with van der Waals surface area (Å²) in [6, 6.07) is 7.22. The van der Waals surface area contributed by atoms with Crippen molar-refractivity contribution in [2.24, 2.45) is 5.92 Å². The lowest BCUT2D eigenvalue weighted by molar-refractivity contribution is -0.140. The molecule has 0 spiro atoms. The molecule has 0 bridgehead atoms. The van der Waals surface area contributed by atoms with Gasteiger partial charge in [-0.25, -0.2) is 9.97 Å². The summed E-state index contributed by atoms with van der Waals surface area (Å²) < 4.78 is 5.09. The van der Waals surface area contributed by atoms with E-state index in [0.717, 1.165) is 56.6 Å². The molecule has 8 nitrogen and oxygen atoms in total. The van der Waals surface area contributed by atoms with Gasteiger partial charge >= 0.3 is 5.97 Å². The number of hydrogen-bond acceptors (Lipinski definition) is 6. The fraction of sp³-hybridized carbons (Fsp3) is 0.500. The average Bonchev–Trinajstić information content (AvgIpc) is 3.17. The maximum absolute atomic E-state index is 13.1. The van der Waals surface area contributed by atoms with Gasteiger partial charge < -0.3 is 20.1 Å². The molecule has 4 rings (SSSR count). The first kappa shape index (κ1) is 22.0. The van der Waals surface area contributed by atoms with E-state index in [0.29, 0.717) is 18.0 Å². The van der Waals surface area contributed by atoms with Crippen LogP contribution in [0.25, 0.3) is 0 Å². The fourth-order valence-corrected chi connectivity index (χ4v) is 4.66. The number of carboxylic acid groups (broad SMARTS) is 1. The number of aromatic nitrogens is 2. The molecule has 1 fully saturated rings. The number of pyridine rings is 2. The molecular formula is C24H30N4O4. The van der Waals surface area contributed by atoms with Gasteiger partial charge in [-0.1, -0.05) is 12.1 Å². The zero-order chi connectivity index (χ0) is 22.5. The van der Waals surface area contributed by atoms with Crippen LogP contribution in [0.1, 0.15) is 55.0 Å². The van der Waals surface area contributed by atoms with Gasteiger partial charge in [0.05, 0.1) is 19.6 Å². The number of methoxy groups -OCH3 is 1. The van der Waals surface area contributed by atoms with E-state index in [1.807, 2.05) is 0 Å². The third kappa shape index (κ3) is 5.00. The summed E-state index contributed by atoms with van der Waals surface area (Å²) in [5.41, 5.74) is 3.04. The topological polar surface area (TPSA) is 105 Å². The number of amides is 1. The SMILES string of the molecule is COc1ccc([C@H](CC(=O)O)N2CCC(CCCc3ccc4c(n3)NCCC4)C2=O)cn1. The fourth-order valence-electron chi connectivity index (χ4n) is 4.66. The van der Waals surface area contributed by atoms with Crippen LogP contribution in [0.4, 0.5) is 5.82 Å². The molecule has 2 aromatic rings. The van der Waals surface area contributed by atoms with Crippen LogP contribution in [0.15, 0.2) is 30.5 Å². The van der Waals surface area contributed by atoms with E-state index in [4.69, 9.17) is 9.72 Å². The van der Waals surface area contributed by atoms with Crippen molar-refractivity contribution in [3.8, 4) is 5.88 Å². The van der Waals surface area contributed by atoms with Crippen LogP contribution < -0.4 is 10.1 Å². The van der Waals surface area contributed by atoms with Crippen molar-refractivity contribution in [2.45, 2.75) is 51.0 Å². The summed E-state index contributed by atoms with van der Waals surface area (Å²) in [6.45, 7) is 1.53. The zero-order valence-electron chi connectivity index (χ0n) is 18.4. The van der Waals surface area contributed by atoms with Crippen molar-refractivity contribution >= 4 is 17.7 Å². The van der Waals surface area contributed by atoms with E-state index in [2.05, 4.69) is 22.4 Å². The number of nitrogens with one attached hydrogen (secondary N) is 1. The molecule has 0 radical (unpaired) electrons. The van der Waals surface area contributed by atoms with E-state index in [1.54, 1.807) is 23.2 Å². The molecule has 2 aliphatic heterocycles. The minimum absolute atomic E-state index is 0.0344. The third-order valence-electron chi connectivity index (χ3n) is 6.39. The standard InChI is InChI=1S/C24H30N4O4/c1-32-21-10-8-18(15-26-21)20(14-22(29)30)28-13-11-17(24(28)31)4-2-6-19-9-7-16-5-3-12-25-23(16)27-19/h7-10,15,17,20H,2-6,11-14H2,1H3,(H,25,27)(H,29,30)/t17?,20-/m0/s1.